The van der Waals surface area contributed by atoms with E-state index in [1.54, 1.807) is 0 Å². The molecule has 32 heavy (non-hydrogen) atoms. The third kappa shape index (κ3) is 10.7. The van der Waals surface area contributed by atoms with Gasteiger partial charge in [0.05, 0.1) is 6.61 Å². The average Bonchev–Trinajstić information content (AvgIpc) is 3.01. The van der Waals surface area contributed by atoms with Gasteiger partial charge in [0.15, 0.2) is 6.10 Å². The van der Waals surface area contributed by atoms with Crippen LogP contribution in [0.25, 0.3) is 0 Å². The molecule has 1 unspecified atom stereocenters. The van der Waals surface area contributed by atoms with E-state index in [0.717, 1.165) is 32.1 Å². The predicted octanol–water partition coefficient (Wildman–Crippen LogP) is 2.69. The fourth-order valence-corrected chi connectivity index (χ4v) is 3.78. The highest BCUT2D eigenvalue weighted by Gasteiger charge is 2.56. The van der Waals surface area contributed by atoms with Gasteiger partial charge >= 0.3 is 5.97 Å². The summed E-state index contributed by atoms with van der Waals surface area (Å²) in [4.78, 5) is 11.9. The second kappa shape index (κ2) is 16.6. The van der Waals surface area contributed by atoms with Crippen molar-refractivity contribution in [3.63, 3.8) is 0 Å². The first-order chi connectivity index (χ1) is 15.4. The van der Waals surface area contributed by atoms with Crippen molar-refractivity contribution >= 4 is 5.97 Å². The Morgan fingerprint density at radius 1 is 0.969 bits per heavy atom. The fourth-order valence-electron chi connectivity index (χ4n) is 3.78. The minimum atomic E-state index is -2.40. The first kappa shape index (κ1) is 29.0. The number of ether oxygens (including phenoxy) is 2. The van der Waals surface area contributed by atoms with Crippen molar-refractivity contribution in [1.29, 1.82) is 0 Å². The van der Waals surface area contributed by atoms with E-state index < -0.39 is 43.0 Å². The van der Waals surface area contributed by atoms with Crippen molar-refractivity contribution < 1.29 is 39.8 Å². The Morgan fingerprint density at radius 3 is 2.03 bits per heavy atom. The van der Waals surface area contributed by atoms with Crippen molar-refractivity contribution in [1.82, 2.24) is 0 Å². The standard InChI is InChI=1S/C24H44O8/c1-2-3-4-5-6-7-8-9-10-11-12-13-14-15-16-17-19(26)31-23(29)21-20(27)22(28)24(30,18-25)32-21/h9-10,20-23,25,27-30H,2-8,11-18H2,1H3/b10-9+/t20-,21?,22+,23+,24+/m1/s1. The molecule has 0 aromatic carbocycles. The Kier molecular flexibility index (Phi) is 15.0. The minimum Gasteiger partial charge on any atom is -0.433 e. The number of unbranched alkanes of at least 4 members (excludes halogenated alkanes) is 11. The zero-order chi connectivity index (χ0) is 23.8. The molecular weight excluding hydrogens is 416 g/mol. The second-order valence-corrected chi connectivity index (χ2v) is 8.74. The summed E-state index contributed by atoms with van der Waals surface area (Å²) in [6, 6.07) is 0. The molecule has 0 saturated carbocycles. The molecule has 0 amide bonds. The van der Waals surface area contributed by atoms with Crippen LogP contribution in [0, 0.1) is 0 Å². The molecule has 0 aliphatic carbocycles. The fraction of sp³-hybridized carbons (Fsp3) is 0.875. The van der Waals surface area contributed by atoms with Crippen LogP contribution in [0.1, 0.15) is 96.8 Å². The maximum absolute atomic E-state index is 11.9. The molecule has 1 fully saturated rings. The Labute approximate surface area is 192 Å². The summed E-state index contributed by atoms with van der Waals surface area (Å²) in [5.74, 6) is -3.05. The zero-order valence-corrected chi connectivity index (χ0v) is 19.5. The lowest BCUT2D eigenvalue weighted by Gasteiger charge is -2.23. The van der Waals surface area contributed by atoms with Gasteiger partial charge < -0.3 is 35.0 Å². The summed E-state index contributed by atoms with van der Waals surface area (Å²) in [6.07, 6.45) is 12.7. The van der Waals surface area contributed by atoms with E-state index >= 15 is 0 Å². The van der Waals surface area contributed by atoms with Gasteiger partial charge in [0.25, 0.3) is 0 Å². The minimum absolute atomic E-state index is 0.116. The van der Waals surface area contributed by atoms with Gasteiger partial charge in [-0.2, -0.15) is 0 Å². The molecule has 5 atom stereocenters. The highest BCUT2D eigenvalue weighted by Crippen LogP contribution is 2.31. The number of hydrogen-bond donors (Lipinski definition) is 5. The van der Waals surface area contributed by atoms with Crippen LogP contribution in [0.4, 0.5) is 0 Å². The molecule has 0 aromatic rings. The second-order valence-electron chi connectivity index (χ2n) is 8.74. The van der Waals surface area contributed by atoms with E-state index in [9.17, 15) is 25.2 Å². The first-order valence-electron chi connectivity index (χ1n) is 12.3. The molecule has 1 aliphatic heterocycles. The lowest BCUT2D eigenvalue weighted by molar-refractivity contribution is -0.271. The molecular formula is C24H44O8. The molecule has 5 N–H and O–H groups in total. The molecule has 8 nitrogen and oxygen atoms in total. The Bertz CT molecular complexity index is 526. The van der Waals surface area contributed by atoms with Crippen molar-refractivity contribution in [2.24, 2.45) is 0 Å². The Balaban J connectivity index is 2.01. The summed E-state index contributed by atoms with van der Waals surface area (Å²) < 4.78 is 9.72. The first-order valence-corrected chi connectivity index (χ1v) is 12.3. The van der Waals surface area contributed by atoms with Gasteiger partial charge in [-0.25, -0.2) is 0 Å². The van der Waals surface area contributed by atoms with Gasteiger partial charge in [0.2, 0.25) is 12.1 Å². The van der Waals surface area contributed by atoms with Gasteiger partial charge in [0, 0.05) is 6.42 Å². The molecule has 1 rings (SSSR count). The van der Waals surface area contributed by atoms with Gasteiger partial charge in [-0.05, 0) is 32.1 Å². The largest absolute Gasteiger partial charge is 0.433 e. The van der Waals surface area contributed by atoms with Crippen LogP contribution in [0.2, 0.25) is 0 Å². The number of aliphatic hydroxyl groups excluding tert-OH is 4. The molecule has 0 radical (unpaired) electrons. The van der Waals surface area contributed by atoms with Crippen LogP contribution in [0.15, 0.2) is 12.2 Å². The molecule has 8 heteroatoms. The maximum Gasteiger partial charge on any atom is 0.308 e. The van der Waals surface area contributed by atoms with Crippen LogP contribution < -0.4 is 0 Å². The third-order valence-electron chi connectivity index (χ3n) is 5.86. The van der Waals surface area contributed by atoms with Crippen LogP contribution in [-0.4, -0.2) is 68.5 Å². The highest BCUT2D eigenvalue weighted by atomic mass is 16.7. The molecule has 0 bridgehead atoms. The van der Waals surface area contributed by atoms with Crippen LogP contribution in [0.5, 0.6) is 0 Å². The molecule has 1 heterocycles. The number of rotatable bonds is 18. The van der Waals surface area contributed by atoms with Gasteiger partial charge in [-0.15, -0.1) is 0 Å². The molecule has 0 aromatic heterocycles. The predicted molar refractivity (Wildman–Crippen MR) is 120 cm³/mol. The van der Waals surface area contributed by atoms with Crippen molar-refractivity contribution in [2.45, 2.75) is 127 Å². The van der Waals surface area contributed by atoms with E-state index in [2.05, 4.69) is 19.1 Å². The van der Waals surface area contributed by atoms with Crippen molar-refractivity contribution in [2.75, 3.05) is 6.61 Å². The zero-order valence-electron chi connectivity index (χ0n) is 19.5. The van der Waals surface area contributed by atoms with Gasteiger partial charge in [-0.1, -0.05) is 70.4 Å². The van der Waals surface area contributed by atoms with Crippen LogP contribution >= 0.6 is 0 Å². The van der Waals surface area contributed by atoms with Crippen molar-refractivity contribution in [3.05, 3.63) is 12.2 Å². The normalized spacial score (nSPS) is 26.6. The van der Waals surface area contributed by atoms with E-state index in [1.165, 1.54) is 44.9 Å². The third-order valence-corrected chi connectivity index (χ3v) is 5.86. The van der Waals surface area contributed by atoms with E-state index in [0.29, 0.717) is 6.42 Å². The number of carbonyl (C=O) groups excluding carboxylic acids is 1. The van der Waals surface area contributed by atoms with Gasteiger partial charge in [0.1, 0.15) is 12.2 Å². The van der Waals surface area contributed by atoms with E-state index in [4.69, 9.17) is 14.6 Å². The Morgan fingerprint density at radius 2 is 1.50 bits per heavy atom. The van der Waals surface area contributed by atoms with Gasteiger partial charge in [-0.3, -0.25) is 4.79 Å². The number of esters is 1. The lowest BCUT2D eigenvalue weighted by Crippen LogP contribution is -2.46. The Hall–Kier alpha value is -1.03. The number of carbonyl (C=O) groups is 1. The van der Waals surface area contributed by atoms with E-state index in [1.807, 2.05) is 0 Å². The van der Waals surface area contributed by atoms with Crippen molar-refractivity contribution in [3.8, 4) is 0 Å². The lowest BCUT2D eigenvalue weighted by atomic mass is 10.1. The molecule has 1 aliphatic rings. The number of hydrogen-bond acceptors (Lipinski definition) is 8. The molecule has 1 saturated heterocycles. The molecule has 0 spiro atoms. The quantitative estimate of drug-likeness (QED) is 0.0911. The summed E-state index contributed by atoms with van der Waals surface area (Å²) in [6.45, 7) is 1.26. The van der Waals surface area contributed by atoms with Crippen LogP contribution in [-0.2, 0) is 14.3 Å². The average molecular weight is 461 g/mol. The topological polar surface area (TPSA) is 137 Å². The SMILES string of the molecule is CCCCCCCC/C=C/CCCCCCCC(=O)O[C@H](O)C1O[C@@](O)(CO)[C@@H](O)[C@@H]1O. The summed E-state index contributed by atoms with van der Waals surface area (Å²) in [5, 5.41) is 48.3. The highest BCUT2D eigenvalue weighted by molar-refractivity contribution is 5.69. The smallest absolute Gasteiger partial charge is 0.308 e. The maximum atomic E-state index is 11.9. The number of aliphatic hydroxyl groups is 5. The molecule has 188 valence electrons. The number of allylic oxidation sites excluding steroid dienone is 2. The summed E-state index contributed by atoms with van der Waals surface area (Å²) in [7, 11) is 0. The summed E-state index contributed by atoms with van der Waals surface area (Å²) >= 11 is 0. The monoisotopic (exact) mass is 460 g/mol. The van der Waals surface area contributed by atoms with E-state index in [-0.39, 0.29) is 6.42 Å². The summed E-state index contributed by atoms with van der Waals surface area (Å²) in [5.41, 5.74) is 0. The van der Waals surface area contributed by atoms with Crippen LogP contribution in [0.3, 0.4) is 0 Å².